The van der Waals surface area contributed by atoms with E-state index in [0.717, 1.165) is 24.0 Å². The Hall–Kier alpha value is -0.680. The number of ether oxygens (including phenoxy) is 2. The average Bonchev–Trinajstić information content (AvgIpc) is 2.71. The maximum atomic E-state index is 10.1. The summed E-state index contributed by atoms with van der Waals surface area (Å²) in [5.74, 6) is 1.23. The number of fused-ring (bicyclic) bond motifs is 1. The van der Waals surface area contributed by atoms with E-state index < -0.39 is 4.08 Å². The lowest BCUT2D eigenvalue weighted by Gasteiger charge is -2.26. The van der Waals surface area contributed by atoms with E-state index >= 15 is 0 Å². The molecule has 1 N–H and O–H groups in total. The van der Waals surface area contributed by atoms with Crippen molar-refractivity contribution in [1.82, 2.24) is 0 Å². The van der Waals surface area contributed by atoms with Gasteiger partial charge in [0.1, 0.15) is 0 Å². The average molecular weight is 286 g/mol. The van der Waals surface area contributed by atoms with Crippen LogP contribution < -0.4 is 9.47 Å². The molecule has 0 aromatic heterocycles. The van der Waals surface area contributed by atoms with Crippen molar-refractivity contribution in [3.8, 4) is 17.2 Å². The molecule has 1 unspecified atom stereocenters. The summed E-state index contributed by atoms with van der Waals surface area (Å²) in [5.41, 5.74) is 2.14. The van der Waals surface area contributed by atoms with E-state index in [1.165, 1.54) is 7.11 Å². The van der Waals surface area contributed by atoms with Gasteiger partial charge in [-0.05, 0) is 31.4 Å². The van der Waals surface area contributed by atoms with E-state index in [2.05, 4.69) is 25.3 Å². The zero-order valence-electron chi connectivity index (χ0n) is 10.7. The second kappa shape index (κ2) is 4.78. The number of hydrogen-bond donors (Lipinski definition) is 3. The van der Waals surface area contributed by atoms with Gasteiger partial charge in [0.05, 0.1) is 18.3 Å². The Morgan fingerprint density at radius 1 is 1.33 bits per heavy atom. The molecule has 100 valence electrons. The summed E-state index contributed by atoms with van der Waals surface area (Å²) in [7, 11) is 3.09. The molecule has 0 aliphatic heterocycles. The number of phenolic OH excluding ortho intramolecular Hbond substituents is 1. The number of rotatable bonds is 3. The van der Waals surface area contributed by atoms with Crippen LogP contribution in [0.15, 0.2) is 6.07 Å². The maximum absolute atomic E-state index is 10.1. The second-order valence-corrected chi connectivity index (χ2v) is 6.92. The van der Waals surface area contributed by atoms with Gasteiger partial charge in [-0.25, -0.2) is 0 Å². The van der Waals surface area contributed by atoms with E-state index in [-0.39, 0.29) is 11.7 Å². The van der Waals surface area contributed by atoms with Crippen LogP contribution in [-0.2, 0) is 6.42 Å². The lowest BCUT2D eigenvalue weighted by molar-refractivity contribution is 0.337. The Labute approximate surface area is 118 Å². The first-order valence-electron chi connectivity index (χ1n) is 5.81. The van der Waals surface area contributed by atoms with Crippen molar-refractivity contribution in [2.45, 2.75) is 29.8 Å². The van der Waals surface area contributed by atoms with Crippen molar-refractivity contribution in [2.75, 3.05) is 14.2 Å². The monoisotopic (exact) mass is 286 g/mol. The van der Waals surface area contributed by atoms with Crippen molar-refractivity contribution < 1.29 is 14.6 Å². The van der Waals surface area contributed by atoms with E-state index in [0.29, 0.717) is 11.5 Å². The molecule has 0 saturated carbocycles. The fourth-order valence-corrected chi connectivity index (χ4v) is 3.18. The predicted molar refractivity (Wildman–Crippen MR) is 78.6 cm³/mol. The number of methoxy groups -OCH3 is 2. The van der Waals surface area contributed by atoms with Crippen LogP contribution in [0.5, 0.6) is 17.2 Å². The molecule has 18 heavy (non-hydrogen) atoms. The molecule has 1 aromatic carbocycles. The smallest absolute Gasteiger partial charge is 0.201 e. The molecule has 2 rings (SSSR count). The van der Waals surface area contributed by atoms with Crippen molar-refractivity contribution in [2.24, 2.45) is 0 Å². The van der Waals surface area contributed by atoms with Crippen LogP contribution >= 0.6 is 25.3 Å². The van der Waals surface area contributed by atoms with Gasteiger partial charge in [-0.1, -0.05) is 0 Å². The third-order valence-electron chi connectivity index (χ3n) is 3.50. The lowest BCUT2D eigenvalue weighted by Crippen LogP contribution is -2.17. The minimum Gasteiger partial charge on any atom is -0.502 e. The van der Waals surface area contributed by atoms with Gasteiger partial charge in [-0.3, -0.25) is 0 Å². The van der Waals surface area contributed by atoms with Crippen molar-refractivity contribution in [3.05, 3.63) is 17.2 Å². The van der Waals surface area contributed by atoms with Crippen LogP contribution in [0.25, 0.3) is 0 Å². The molecular formula is C13H18O3S2. The molecule has 0 spiro atoms. The lowest BCUT2D eigenvalue weighted by atomic mass is 9.97. The van der Waals surface area contributed by atoms with Gasteiger partial charge in [-0.2, -0.15) is 25.3 Å². The van der Waals surface area contributed by atoms with Gasteiger partial charge < -0.3 is 14.6 Å². The highest BCUT2D eigenvalue weighted by atomic mass is 32.2. The zero-order valence-corrected chi connectivity index (χ0v) is 12.5. The molecule has 0 saturated heterocycles. The third-order valence-corrected chi connectivity index (χ3v) is 4.12. The minimum absolute atomic E-state index is 0.0689. The molecule has 1 aliphatic rings. The molecule has 1 aromatic rings. The van der Waals surface area contributed by atoms with E-state index in [9.17, 15) is 5.11 Å². The van der Waals surface area contributed by atoms with Gasteiger partial charge in [0.15, 0.2) is 11.5 Å². The van der Waals surface area contributed by atoms with Gasteiger partial charge in [0.2, 0.25) is 5.75 Å². The maximum Gasteiger partial charge on any atom is 0.201 e. The topological polar surface area (TPSA) is 38.7 Å². The first-order valence-corrected chi connectivity index (χ1v) is 6.71. The number of phenols is 1. The molecule has 0 amide bonds. The minimum atomic E-state index is -0.405. The molecule has 1 atom stereocenters. The van der Waals surface area contributed by atoms with E-state index in [4.69, 9.17) is 9.47 Å². The van der Waals surface area contributed by atoms with Gasteiger partial charge in [0.25, 0.3) is 0 Å². The Morgan fingerprint density at radius 2 is 2.00 bits per heavy atom. The first kappa shape index (κ1) is 13.7. The van der Waals surface area contributed by atoms with Crippen LogP contribution in [0.4, 0.5) is 0 Å². The zero-order chi connectivity index (χ0) is 13.5. The summed E-state index contributed by atoms with van der Waals surface area (Å²) in [6, 6.07) is 1.87. The summed E-state index contributed by atoms with van der Waals surface area (Å²) in [6.07, 6.45) is 1.80. The quantitative estimate of drug-likeness (QED) is 0.591. The fourth-order valence-electron chi connectivity index (χ4n) is 2.64. The molecule has 1 aliphatic carbocycles. The standard InChI is InChI=1S/C13H18O3S2/c1-13(17,18)9-5-4-7-8(9)6-10(15-2)11(14)12(7)16-3/h6,9,14,17-18H,4-5H2,1-3H3. The Balaban J connectivity index is 2.60. The van der Waals surface area contributed by atoms with E-state index in [1.54, 1.807) is 7.11 Å². The first-order chi connectivity index (χ1) is 8.40. The largest absolute Gasteiger partial charge is 0.502 e. The second-order valence-electron chi connectivity index (χ2n) is 4.71. The van der Waals surface area contributed by atoms with Crippen molar-refractivity contribution >= 4 is 25.3 Å². The summed E-state index contributed by atoms with van der Waals surface area (Å²) in [5, 5.41) is 10.1. The highest BCUT2D eigenvalue weighted by Gasteiger charge is 2.37. The number of benzene rings is 1. The number of hydrogen-bond acceptors (Lipinski definition) is 5. The summed E-state index contributed by atoms with van der Waals surface area (Å²) in [6.45, 7) is 1.98. The predicted octanol–water partition coefficient (Wildman–Crippen LogP) is 3.02. The normalized spacial score (nSPS) is 18.6. The molecular weight excluding hydrogens is 268 g/mol. The van der Waals surface area contributed by atoms with Crippen LogP contribution in [0.1, 0.15) is 30.4 Å². The van der Waals surface area contributed by atoms with Crippen molar-refractivity contribution in [1.29, 1.82) is 0 Å². The molecule has 0 fully saturated rings. The molecule has 5 heteroatoms. The SMILES string of the molecule is COc1cc2c(c(OC)c1O)CCC2C(C)(S)S. The molecule has 3 nitrogen and oxygen atoms in total. The summed E-state index contributed by atoms with van der Waals surface area (Å²) in [4.78, 5) is 0. The van der Waals surface area contributed by atoms with Crippen LogP contribution in [0.2, 0.25) is 0 Å². The van der Waals surface area contributed by atoms with Gasteiger partial charge in [-0.15, -0.1) is 0 Å². The van der Waals surface area contributed by atoms with Crippen LogP contribution in [-0.4, -0.2) is 23.4 Å². The fraction of sp³-hybridized carbons (Fsp3) is 0.538. The van der Waals surface area contributed by atoms with Gasteiger partial charge in [0, 0.05) is 11.5 Å². The van der Waals surface area contributed by atoms with Crippen molar-refractivity contribution in [3.63, 3.8) is 0 Å². The Morgan fingerprint density at radius 3 is 2.50 bits per heavy atom. The molecule has 0 heterocycles. The summed E-state index contributed by atoms with van der Waals surface area (Å²) >= 11 is 9.09. The molecule has 0 bridgehead atoms. The number of aromatic hydroxyl groups is 1. The number of thiol groups is 2. The Kier molecular flexibility index (Phi) is 3.65. The summed E-state index contributed by atoms with van der Waals surface area (Å²) < 4.78 is 10.1. The highest BCUT2D eigenvalue weighted by Crippen LogP contribution is 2.52. The Bertz CT molecular complexity index is 466. The third kappa shape index (κ3) is 2.14. The van der Waals surface area contributed by atoms with Crippen LogP contribution in [0.3, 0.4) is 0 Å². The molecule has 0 radical (unpaired) electrons. The highest BCUT2D eigenvalue weighted by molar-refractivity contribution is 8.00. The van der Waals surface area contributed by atoms with Crippen LogP contribution in [0, 0.1) is 0 Å². The van der Waals surface area contributed by atoms with E-state index in [1.807, 2.05) is 13.0 Å². The van der Waals surface area contributed by atoms with Gasteiger partial charge >= 0.3 is 0 Å².